The number of benzene rings is 3. The Kier molecular flexibility index (Phi) is 10.5. The second-order valence-corrected chi connectivity index (χ2v) is 11.9. The molecular formula is C29H34BrN3O4S. The zero-order valence-electron chi connectivity index (χ0n) is 21.9. The molecule has 3 rings (SSSR count). The van der Waals surface area contributed by atoms with Crippen molar-refractivity contribution >= 4 is 43.5 Å². The van der Waals surface area contributed by atoms with Crippen molar-refractivity contribution in [2.24, 2.45) is 0 Å². The first-order valence-corrected chi connectivity index (χ1v) is 14.8. The summed E-state index contributed by atoms with van der Waals surface area (Å²) in [6.45, 7) is 5.81. The van der Waals surface area contributed by atoms with E-state index in [0.717, 1.165) is 21.9 Å². The summed E-state index contributed by atoms with van der Waals surface area (Å²) in [6, 6.07) is 22.2. The molecule has 0 aliphatic heterocycles. The van der Waals surface area contributed by atoms with Crippen LogP contribution in [-0.4, -0.2) is 50.8 Å². The third kappa shape index (κ3) is 7.68. The number of sulfonamides is 1. The Hall–Kier alpha value is -3.17. The van der Waals surface area contributed by atoms with Gasteiger partial charge in [-0.25, -0.2) is 8.42 Å². The molecule has 0 radical (unpaired) electrons. The van der Waals surface area contributed by atoms with E-state index in [1.807, 2.05) is 44.2 Å². The van der Waals surface area contributed by atoms with Gasteiger partial charge in [0.2, 0.25) is 11.8 Å². The average molecular weight is 601 g/mol. The van der Waals surface area contributed by atoms with Gasteiger partial charge in [-0.2, -0.15) is 0 Å². The van der Waals surface area contributed by atoms with Crippen molar-refractivity contribution in [3.63, 3.8) is 0 Å². The van der Waals surface area contributed by atoms with Gasteiger partial charge in [0.25, 0.3) is 10.0 Å². The number of hydrogen-bond acceptors (Lipinski definition) is 4. The van der Waals surface area contributed by atoms with Crippen LogP contribution in [0.15, 0.2) is 88.2 Å². The molecule has 1 unspecified atom stereocenters. The zero-order valence-corrected chi connectivity index (χ0v) is 24.3. The Bertz CT molecular complexity index is 1330. The van der Waals surface area contributed by atoms with Crippen LogP contribution in [0.25, 0.3) is 0 Å². The molecule has 9 heteroatoms. The van der Waals surface area contributed by atoms with Crippen LogP contribution in [0, 0.1) is 6.92 Å². The third-order valence-electron chi connectivity index (χ3n) is 6.18. The first kappa shape index (κ1) is 29.4. The quantitative estimate of drug-likeness (QED) is 0.319. The standard InChI is InChI=1S/C29H34BrN3O4S/c1-4-18-31-29(35)23(3)32(19-17-24-9-6-5-7-10-24)28(34)21-33(26-12-8-11-25(30)20-26)38(36,37)27-15-13-22(2)14-16-27/h5-16,20,23H,4,17-19,21H2,1-3H3,(H,31,35). The summed E-state index contributed by atoms with van der Waals surface area (Å²) in [5.74, 6) is -0.737. The molecule has 202 valence electrons. The zero-order chi connectivity index (χ0) is 27.7. The molecule has 0 aromatic heterocycles. The molecule has 0 bridgehead atoms. The fourth-order valence-electron chi connectivity index (χ4n) is 3.96. The second-order valence-electron chi connectivity index (χ2n) is 9.09. The van der Waals surface area contributed by atoms with Gasteiger partial charge in [0.1, 0.15) is 12.6 Å². The fourth-order valence-corrected chi connectivity index (χ4v) is 5.76. The van der Waals surface area contributed by atoms with Crippen molar-refractivity contribution in [2.75, 3.05) is 23.9 Å². The van der Waals surface area contributed by atoms with Crippen LogP contribution in [0.3, 0.4) is 0 Å². The van der Waals surface area contributed by atoms with E-state index in [-0.39, 0.29) is 17.3 Å². The lowest BCUT2D eigenvalue weighted by atomic mass is 10.1. The topological polar surface area (TPSA) is 86.8 Å². The highest BCUT2D eigenvalue weighted by atomic mass is 79.9. The molecular weight excluding hydrogens is 566 g/mol. The van der Waals surface area contributed by atoms with Crippen LogP contribution in [0.1, 0.15) is 31.4 Å². The molecule has 0 aliphatic rings. The molecule has 0 saturated heterocycles. The van der Waals surface area contributed by atoms with Crippen LogP contribution in [0.5, 0.6) is 0 Å². The molecule has 3 aromatic rings. The third-order valence-corrected chi connectivity index (χ3v) is 8.47. The fraction of sp³-hybridized carbons (Fsp3) is 0.310. The van der Waals surface area contributed by atoms with E-state index in [1.165, 1.54) is 17.0 Å². The monoisotopic (exact) mass is 599 g/mol. The van der Waals surface area contributed by atoms with Crippen molar-refractivity contribution in [1.29, 1.82) is 0 Å². The highest BCUT2D eigenvalue weighted by molar-refractivity contribution is 9.10. The summed E-state index contributed by atoms with van der Waals surface area (Å²) >= 11 is 3.41. The summed E-state index contributed by atoms with van der Waals surface area (Å²) in [4.78, 5) is 28.2. The van der Waals surface area contributed by atoms with E-state index in [4.69, 9.17) is 0 Å². The lowest BCUT2D eigenvalue weighted by molar-refractivity contribution is -0.138. The van der Waals surface area contributed by atoms with Crippen LogP contribution in [0.2, 0.25) is 0 Å². The second kappa shape index (κ2) is 13.6. The normalized spacial score (nSPS) is 12.0. The minimum Gasteiger partial charge on any atom is -0.354 e. The Morgan fingerprint density at radius 1 is 0.974 bits per heavy atom. The largest absolute Gasteiger partial charge is 0.354 e. The van der Waals surface area contributed by atoms with Crippen molar-refractivity contribution in [3.8, 4) is 0 Å². The number of anilines is 1. The van der Waals surface area contributed by atoms with Gasteiger partial charge in [0, 0.05) is 17.6 Å². The number of nitrogens with one attached hydrogen (secondary N) is 1. The van der Waals surface area contributed by atoms with E-state index in [9.17, 15) is 18.0 Å². The van der Waals surface area contributed by atoms with Gasteiger partial charge >= 0.3 is 0 Å². The molecule has 0 heterocycles. The predicted octanol–water partition coefficient (Wildman–Crippen LogP) is 4.94. The van der Waals surface area contributed by atoms with Crippen LogP contribution >= 0.6 is 15.9 Å². The number of nitrogens with zero attached hydrogens (tertiary/aromatic N) is 2. The Labute approximate surface area is 234 Å². The number of carbonyl (C=O) groups excluding carboxylic acids is 2. The minimum atomic E-state index is -4.08. The van der Waals surface area contributed by atoms with E-state index in [1.54, 1.807) is 43.3 Å². The lowest BCUT2D eigenvalue weighted by Gasteiger charge is -2.32. The van der Waals surface area contributed by atoms with Crippen molar-refractivity contribution in [1.82, 2.24) is 10.2 Å². The van der Waals surface area contributed by atoms with Crippen molar-refractivity contribution < 1.29 is 18.0 Å². The van der Waals surface area contributed by atoms with E-state index in [0.29, 0.717) is 23.1 Å². The molecule has 7 nitrogen and oxygen atoms in total. The van der Waals surface area contributed by atoms with E-state index < -0.39 is 28.5 Å². The molecule has 3 aromatic carbocycles. The van der Waals surface area contributed by atoms with Crippen LogP contribution in [0.4, 0.5) is 5.69 Å². The number of aryl methyl sites for hydroxylation is 1. The summed E-state index contributed by atoms with van der Waals surface area (Å²) < 4.78 is 29.4. The SMILES string of the molecule is CCCNC(=O)C(C)N(CCc1ccccc1)C(=O)CN(c1cccc(Br)c1)S(=O)(=O)c1ccc(C)cc1. The average Bonchev–Trinajstić information content (AvgIpc) is 2.91. The summed E-state index contributed by atoms with van der Waals surface area (Å²) in [5.41, 5.74) is 2.29. The molecule has 1 N–H and O–H groups in total. The van der Waals surface area contributed by atoms with Crippen LogP contribution in [-0.2, 0) is 26.0 Å². The molecule has 2 amide bonds. The lowest BCUT2D eigenvalue weighted by Crippen LogP contribution is -2.52. The Morgan fingerprint density at radius 2 is 1.66 bits per heavy atom. The predicted molar refractivity (Wildman–Crippen MR) is 154 cm³/mol. The van der Waals surface area contributed by atoms with E-state index in [2.05, 4.69) is 21.2 Å². The molecule has 0 spiro atoms. The van der Waals surface area contributed by atoms with Crippen molar-refractivity contribution in [3.05, 3.63) is 94.5 Å². The highest BCUT2D eigenvalue weighted by Crippen LogP contribution is 2.27. The van der Waals surface area contributed by atoms with Gasteiger partial charge < -0.3 is 10.2 Å². The van der Waals surface area contributed by atoms with Gasteiger partial charge in [-0.1, -0.05) is 76.9 Å². The van der Waals surface area contributed by atoms with Crippen LogP contribution < -0.4 is 9.62 Å². The van der Waals surface area contributed by atoms with Crippen molar-refractivity contribution in [2.45, 2.75) is 44.6 Å². The summed E-state index contributed by atoms with van der Waals surface area (Å²) in [5, 5.41) is 2.85. The van der Waals surface area contributed by atoms with Gasteiger partial charge in [0.15, 0.2) is 0 Å². The summed E-state index contributed by atoms with van der Waals surface area (Å²) in [6.07, 6.45) is 1.29. The number of amides is 2. The number of hydrogen-bond donors (Lipinski definition) is 1. The maximum absolute atomic E-state index is 13.8. The Balaban J connectivity index is 1.96. The smallest absolute Gasteiger partial charge is 0.264 e. The van der Waals surface area contributed by atoms with E-state index >= 15 is 0 Å². The summed E-state index contributed by atoms with van der Waals surface area (Å²) in [7, 11) is -4.08. The first-order valence-electron chi connectivity index (χ1n) is 12.6. The molecule has 1 atom stereocenters. The molecule has 0 saturated carbocycles. The maximum atomic E-state index is 13.8. The molecule has 0 fully saturated rings. The minimum absolute atomic E-state index is 0.0837. The van der Waals surface area contributed by atoms with Gasteiger partial charge in [-0.05, 0) is 62.6 Å². The molecule has 38 heavy (non-hydrogen) atoms. The number of rotatable bonds is 12. The highest BCUT2D eigenvalue weighted by Gasteiger charge is 2.32. The van der Waals surface area contributed by atoms with Gasteiger partial charge in [0.05, 0.1) is 10.6 Å². The maximum Gasteiger partial charge on any atom is 0.264 e. The number of halogens is 1. The Morgan fingerprint density at radius 3 is 2.29 bits per heavy atom. The number of carbonyl (C=O) groups is 2. The van der Waals surface area contributed by atoms with Gasteiger partial charge in [-0.15, -0.1) is 0 Å². The van der Waals surface area contributed by atoms with Gasteiger partial charge in [-0.3, -0.25) is 13.9 Å². The molecule has 0 aliphatic carbocycles. The first-order chi connectivity index (χ1) is 18.1.